The normalized spacial score (nSPS) is 21.1. The fraction of sp³-hybridized carbons (Fsp3) is 0.562. The maximum absolute atomic E-state index is 12.1. The molecule has 0 aliphatic carbocycles. The van der Waals surface area contributed by atoms with Gasteiger partial charge < -0.3 is 15.0 Å². The van der Waals surface area contributed by atoms with Crippen LogP contribution in [0, 0.1) is 0 Å². The van der Waals surface area contributed by atoms with Crippen LogP contribution in [0.15, 0.2) is 30.3 Å². The first-order valence-corrected chi connectivity index (χ1v) is 7.48. The van der Waals surface area contributed by atoms with E-state index in [-0.39, 0.29) is 6.09 Å². The van der Waals surface area contributed by atoms with Gasteiger partial charge in [-0.15, -0.1) is 0 Å². The lowest BCUT2D eigenvalue weighted by atomic mass is 9.86. The minimum atomic E-state index is -0.179. The molecule has 0 saturated carbocycles. The number of hydrogen-bond donors (Lipinski definition) is 1. The van der Waals surface area contributed by atoms with Crippen molar-refractivity contribution in [2.24, 2.45) is 0 Å². The smallest absolute Gasteiger partial charge is 0.410 e. The zero-order valence-electron chi connectivity index (χ0n) is 11.8. The first-order chi connectivity index (χ1) is 9.77. The van der Waals surface area contributed by atoms with E-state index < -0.39 is 0 Å². The van der Waals surface area contributed by atoms with Crippen LogP contribution >= 0.6 is 0 Å². The molecule has 2 heterocycles. The van der Waals surface area contributed by atoms with E-state index in [1.54, 1.807) is 0 Å². The molecular weight excluding hydrogens is 252 g/mol. The van der Waals surface area contributed by atoms with Crippen LogP contribution < -0.4 is 5.32 Å². The van der Waals surface area contributed by atoms with Gasteiger partial charge in [-0.2, -0.15) is 0 Å². The Morgan fingerprint density at radius 1 is 1.20 bits per heavy atom. The monoisotopic (exact) mass is 274 g/mol. The topological polar surface area (TPSA) is 41.6 Å². The van der Waals surface area contributed by atoms with Crippen molar-refractivity contribution in [3.63, 3.8) is 0 Å². The van der Waals surface area contributed by atoms with Crippen LogP contribution in [0.2, 0.25) is 0 Å². The molecule has 1 amide bonds. The summed E-state index contributed by atoms with van der Waals surface area (Å²) in [5.41, 5.74) is 1.34. The summed E-state index contributed by atoms with van der Waals surface area (Å²) in [5.74, 6) is 0. The molecule has 4 nitrogen and oxygen atoms in total. The number of hydrogen-bond acceptors (Lipinski definition) is 3. The number of piperidine rings is 1. The maximum atomic E-state index is 12.1. The second kappa shape index (κ2) is 5.83. The molecule has 0 atom stereocenters. The highest BCUT2D eigenvalue weighted by atomic mass is 16.6. The van der Waals surface area contributed by atoms with E-state index in [0.717, 1.165) is 38.0 Å². The predicted octanol–water partition coefficient (Wildman–Crippen LogP) is 2.54. The highest BCUT2D eigenvalue weighted by molar-refractivity contribution is 5.67. The van der Waals surface area contributed by atoms with Crippen molar-refractivity contribution in [1.29, 1.82) is 0 Å². The van der Waals surface area contributed by atoms with Crippen molar-refractivity contribution in [2.75, 3.05) is 19.6 Å². The summed E-state index contributed by atoms with van der Waals surface area (Å²) < 4.78 is 5.39. The van der Waals surface area contributed by atoms with Gasteiger partial charge in [0, 0.05) is 18.6 Å². The molecule has 2 aliphatic rings. The lowest BCUT2D eigenvalue weighted by Crippen LogP contribution is -2.51. The Balaban J connectivity index is 1.47. The molecule has 2 saturated heterocycles. The van der Waals surface area contributed by atoms with Crippen molar-refractivity contribution in [3.8, 4) is 0 Å². The number of nitrogens with zero attached hydrogens (tertiary/aromatic N) is 1. The standard InChI is InChI=1S/C16H22N2O2/c19-15(20-13-14-5-2-1-3-6-14)18-11-8-16(9-12-18)7-4-10-17-16/h1-3,5-6,17H,4,7-13H2. The number of nitrogens with one attached hydrogen (secondary N) is 1. The van der Waals surface area contributed by atoms with E-state index in [4.69, 9.17) is 4.74 Å². The first kappa shape index (κ1) is 13.4. The third-order valence-electron chi connectivity index (χ3n) is 4.52. The molecule has 0 unspecified atom stereocenters. The molecule has 20 heavy (non-hydrogen) atoms. The number of ether oxygens (including phenoxy) is 1. The van der Waals surface area contributed by atoms with E-state index in [9.17, 15) is 4.79 Å². The average molecular weight is 274 g/mol. The Morgan fingerprint density at radius 3 is 2.60 bits per heavy atom. The van der Waals surface area contributed by atoms with E-state index in [1.165, 1.54) is 12.8 Å². The minimum Gasteiger partial charge on any atom is -0.445 e. The molecule has 2 fully saturated rings. The largest absolute Gasteiger partial charge is 0.445 e. The second-order valence-corrected chi connectivity index (χ2v) is 5.84. The molecule has 1 spiro atoms. The highest BCUT2D eigenvalue weighted by Crippen LogP contribution is 2.30. The van der Waals surface area contributed by atoms with Crippen LogP contribution in [-0.2, 0) is 11.3 Å². The van der Waals surface area contributed by atoms with Crippen molar-refractivity contribution >= 4 is 6.09 Å². The van der Waals surface area contributed by atoms with E-state index in [1.807, 2.05) is 35.2 Å². The van der Waals surface area contributed by atoms with Crippen LogP contribution in [0.5, 0.6) is 0 Å². The number of benzene rings is 1. The third-order valence-corrected chi connectivity index (χ3v) is 4.52. The lowest BCUT2D eigenvalue weighted by Gasteiger charge is -2.39. The summed E-state index contributed by atoms with van der Waals surface area (Å²) in [6.07, 6.45) is 4.43. The van der Waals surface area contributed by atoms with Gasteiger partial charge in [0.15, 0.2) is 0 Å². The number of carbonyl (C=O) groups is 1. The number of rotatable bonds is 2. The first-order valence-electron chi connectivity index (χ1n) is 7.48. The average Bonchev–Trinajstić information content (AvgIpc) is 2.95. The zero-order valence-corrected chi connectivity index (χ0v) is 11.8. The fourth-order valence-electron chi connectivity index (χ4n) is 3.22. The molecular formula is C16H22N2O2. The van der Waals surface area contributed by atoms with Gasteiger partial charge in [-0.1, -0.05) is 30.3 Å². The minimum absolute atomic E-state index is 0.179. The van der Waals surface area contributed by atoms with Crippen LogP contribution in [0.4, 0.5) is 4.79 Å². The van der Waals surface area contributed by atoms with Gasteiger partial charge in [0.2, 0.25) is 0 Å². The summed E-state index contributed by atoms with van der Waals surface area (Å²) in [6, 6.07) is 9.82. The molecule has 1 aromatic rings. The number of carbonyl (C=O) groups excluding carboxylic acids is 1. The third kappa shape index (κ3) is 2.96. The Morgan fingerprint density at radius 2 is 1.95 bits per heavy atom. The van der Waals surface area contributed by atoms with E-state index >= 15 is 0 Å². The Hall–Kier alpha value is -1.55. The fourth-order valence-corrected chi connectivity index (χ4v) is 3.22. The SMILES string of the molecule is O=C(OCc1ccccc1)N1CCC2(CCCN2)CC1. The van der Waals surface area contributed by atoms with E-state index in [2.05, 4.69) is 5.32 Å². The number of likely N-dealkylation sites (tertiary alicyclic amines) is 1. The lowest BCUT2D eigenvalue weighted by molar-refractivity contribution is 0.0754. The van der Waals surface area contributed by atoms with Gasteiger partial charge in [-0.25, -0.2) is 4.79 Å². The Bertz CT molecular complexity index is 445. The van der Waals surface area contributed by atoms with Crippen molar-refractivity contribution in [2.45, 2.75) is 37.8 Å². The number of amides is 1. The van der Waals surface area contributed by atoms with Crippen molar-refractivity contribution in [3.05, 3.63) is 35.9 Å². The van der Waals surface area contributed by atoms with Gasteiger partial charge in [-0.3, -0.25) is 0 Å². The molecule has 108 valence electrons. The van der Waals surface area contributed by atoms with E-state index in [0.29, 0.717) is 12.1 Å². The summed E-state index contributed by atoms with van der Waals surface area (Å²) in [4.78, 5) is 13.9. The molecule has 0 aromatic heterocycles. The van der Waals surface area contributed by atoms with Gasteiger partial charge in [0.1, 0.15) is 6.61 Å². The summed E-state index contributed by atoms with van der Waals surface area (Å²) in [5, 5.41) is 3.61. The molecule has 0 radical (unpaired) electrons. The zero-order chi connectivity index (χ0) is 13.8. The molecule has 1 aromatic carbocycles. The Kier molecular flexibility index (Phi) is 3.92. The summed E-state index contributed by atoms with van der Waals surface area (Å²) in [6.45, 7) is 3.10. The summed E-state index contributed by atoms with van der Waals surface area (Å²) in [7, 11) is 0. The van der Waals surface area contributed by atoms with Crippen LogP contribution in [0.25, 0.3) is 0 Å². The quantitative estimate of drug-likeness (QED) is 0.901. The molecule has 2 aliphatic heterocycles. The summed E-state index contributed by atoms with van der Waals surface area (Å²) >= 11 is 0. The van der Waals surface area contributed by atoms with Gasteiger partial charge >= 0.3 is 6.09 Å². The second-order valence-electron chi connectivity index (χ2n) is 5.84. The van der Waals surface area contributed by atoms with Gasteiger partial charge in [0.25, 0.3) is 0 Å². The van der Waals surface area contributed by atoms with Gasteiger partial charge in [-0.05, 0) is 37.8 Å². The van der Waals surface area contributed by atoms with Crippen molar-refractivity contribution < 1.29 is 9.53 Å². The molecule has 3 rings (SSSR count). The predicted molar refractivity (Wildman–Crippen MR) is 77.4 cm³/mol. The van der Waals surface area contributed by atoms with Gasteiger partial charge in [0.05, 0.1) is 0 Å². The maximum Gasteiger partial charge on any atom is 0.410 e. The van der Waals surface area contributed by atoms with Crippen molar-refractivity contribution in [1.82, 2.24) is 10.2 Å². The molecule has 0 bridgehead atoms. The highest BCUT2D eigenvalue weighted by Gasteiger charge is 2.38. The van der Waals surface area contributed by atoms with Crippen LogP contribution in [0.3, 0.4) is 0 Å². The molecule has 1 N–H and O–H groups in total. The van der Waals surface area contributed by atoms with Crippen LogP contribution in [-0.4, -0.2) is 36.2 Å². The Labute approximate surface area is 120 Å². The molecule has 4 heteroatoms. The van der Waals surface area contributed by atoms with Crippen LogP contribution in [0.1, 0.15) is 31.2 Å².